The second kappa shape index (κ2) is 9.85. The van der Waals surface area contributed by atoms with Gasteiger partial charge >= 0.3 is 0 Å². The summed E-state index contributed by atoms with van der Waals surface area (Å²) in [6.07, 6.45) is 0.444. The van der Waals surface area contributed by atoms with Gasteiger partial charge in [-0.15, -0.1) is 0 Å². The summed E-state index contributed by atoms with van der Waals surface area (Å²) in [5, 5.41) is 1.39. The largest absolute Gasteiger partial charge is 0.383 e. The van der Waals surface area contributed by atoms with E-state index in [1.807, 2.05) is 6.92 Å². The molecular weight excluding hydrogens is 198 g/mol. The fourth-order valence-corrected chi connectivity index (χ4v) is 0.909. The van der Waals surface area contributed by atoms with Crippen molar-refractivity contribution in [2.75, 3.05) is 40.5 Å². The first kappa shape index (κ1) is 14.3. The van der Waals surface area contributed by atoms with Gasteiger partial charge in [-0.1, -0.05) is 6.92 Å². The first-order chi connectivity index (χ1) is 7.26. The van der Waals surface area contributed by atoms with Gasteiger partial charge in [-0.25, -0.2) is 16.0 Å². The lowest BCUT2D eigenvalue weighted by atomic mass is 10.5. The van der Waals surface area contributed by atoms with Crippen LogP contribution in [0.1, 0.15) is 13.3 Å². The molecule has 6 nitrogen and oxygen atoms in total. The van der Waals surface area contributed by atoms with E-state index in [-0.39, 0.29) is 5.91 Å². The number of hydrogen-bond donors (Lipinski definition) is 2. The van der Waals surface area contributed by atoms with Crippen molar-refractivity contribution in [3.63, 3.8) is 0 Å². The summed E-state index contributed by atoms with van der Waals surface area (Å²) in [4.78, 5) is 11.4. The highest BCUT2D eigenvalue weighted by molar-refractivity contribution is 5.74. The Hall–Kier alpha value is -0.690. The maximum Gasteiger partial charge on any atom is 0.251 e. The van der Waals surface area contributed by atoms with Gasteiger partial charge in [0.1, 0.15) is 0 Å². The summed E-state index contributed by atoms with van der Waals surface area (Å²) in [6.45, 7) is 4.09. The van der Waals surface area contributed by atoms with Crippen LogP contribution in [0.25, 0.3) is 0 Å². The molecule has 0 rings (SSSR count). The summed E-state index contributed by atoms with van der Waals surface area (Å²) in [5.74, 6) is -0.0118. The van der Waals surface area contributed by atoms with E-state index in [0.717, 1.165) is 0 Å². The third kappa shape index (κ3) is 7.26. The third-order valence-corrected chi connectivity index (χ3v) is 1.70. The van der Waals surface area contributed by atoms with Crippen molar-refractivity contribution < 1.29 is 14.3 Å². The minimum Gasteiger partial charge on any atom is -0.383 e. The number of carbonyl (C=O) groups is 1. The van der Waals surface area contributed by atoms with Crippen LogP contribution in [0.4, 0.5) is 0 Å². The zero-order valence-corrected chi connectivity index (χ0v) is 9.71. The third-order valence-electron chi connectivity index (χ3n) is 1.70. The molecule has 0 aromatic carbocycles. The minimum absolute atomic E-state index is 0.0118. The molecule has 0 aromatic heterocycles. The van der Waals surface area contributed by atoms with Gasteiger partial charge < -0.3 is 9.47 Å². The van der Waals surface area contributed by atoms with Crippen molar-refractivity contribution in [2.24, 2.45) is 0 Å². The lowest BCUT2D eigenvalue weighted by molar-refractivity contribution is -0.138. The van der Waals surface area contributed by atoms with Crippen molar-refractivity contribution in [3.8, 4) is 0 Å². The van der Waals surface area contributed by atoms with Gasteiger partial charge in [0.15, 0.2) is 0 Å². The number of hydrazine groups is 2. The Kier molecular flexibility index (Phi) is 9.40. The van der Waals surface area contributed by atoms with Crippen molar-refractivity contribution in [3.05, 3.63) is 0 Å². The minimum atomic E-state index is -0.0118. The number of methoxy groups -OCH3 is 2. The highest BCUT2D eigenvalue weighted by Crippen LogP contribution is 1.85. The molecule has 6 heteroatoms. The average molecular weight is 219 g/mol. The van der Waals surface area contributed by atoms with Crippen LogP contribution in [-0.4, -0.2) is 51.5 Å². The summed E-state index contributed by atoms with van der Waals surface area (Å²) >= 11 is 0. The summed E-state index contributed by atoms with van der Waals surface area (Å²) in [6, 6.07) is 0. The molecule has 0 aliphatic carbocycles. The van der Waals surface area contributed by atoms with Gasteiger partial charge in [0.05, 0.1) is 13.2 Å². The summed E-state index contributed by atoms with van der Waals surface area (Å²) in [5.41, 5.74) is 5.84. The maximum absolute atomic E-state index is 11.4. The molecule has 0 fully saturated rings. The Bertz CT molecular complexity index is 157. The number of rotatable bonds is 9. The van der Waals surface area contributed by atoms with E-state index >= 15 is 0 Å². The molecule has 0 saturated carbocycles. The fraction of sp³-hybridized carbons (Fsp3) is 0.889. The molecule has 2 N–H and O–H groups in total. The number of carbonyl (C=O) groups excluding carboxylic acids is 1. The van der Waals surface area contributed by atoms with E-state index in [4.69, 9.17) is 9.47 Å². The number of nitrogens with one attached hydrogen (secondary N) is 2. The Morgan fingerprint density at radius 1 is 1.13 bits per heavy atom. The topological polar surface area (TPSA) is 62.8 Å². The maximum atomic E-state index is 11.4. The highest BCUT2D eigenvalue weighted by Gasteiger charge is 2.09. The Morgan fingerprint density at radius 2 is 1.60 bits per heavy atom. The number of amides is 1. The van der Waals surface area contributed by atoms with Crippen LogP contribution in [0.3, 0.4) is 0 Å². The van der Waals surface area contributed by atoms with E-state index in [0.29, 0.717) is 32.7 Å². The van der Waals surface area contributed by atoms with Crippen molar-refractivity contribution in [2.45, 2.75) is 13.3 Å². The van der Waals surface area contributed by atoms with Crippen LogP contribution in [0.2, 0.25) is 0 Å². The predicted octanol–water partition coefficient (Wildman–Crippen LogP) is -0.473. The molecule has 0 atom stereocenters. The standard InChI is InChI=1S/C9H21N3O3/c1-4-9(13)12(10-5-7-14-2)11-6-8-15-3/h10-11H,4-8H2,1-3H3. The molecule has 0 unspecified atom stereocenters. The lowest BCUT2D eigenvalue weighted by Gasteiger charge is -2.23. The van der Waals surface area contributed by atoms with E-state index in [9.17, 15) is 4.79 Å². The van der Waals surface area contributed by atoms with Crippen LogP contribution >= 0.6 is 0 Å². The van der Waals surface area contributed by atoms with Crippen LogP contribution in [0, 0.1) is 0 Å². The molecule has 0 radical (unpaired) electrons. The number of ether oxygens (including phenoxy) is 2. The first-order valence-electron chi connectivity index (χ1n) is 5.04. The van der Waals surface area contributed by atoms with Crippen molar-refractivity contribution in [1.82, 2.24) is 16.0 Å². The molecule has 0 aromatic rings. The van der Waals surface area contributed by atoms with Crippen LogP contribution < -0.4 is 10.9 Å². The number of hydrogen-bond acceptors (Lipinski definition) is 5. The zero-order chi connectivity index (χ0) is 11.5. The Balaban J connectivity index is 3.79. The fourth-order valence-electron chi connectivity index (χ4n) is 0.909. The molecule has 0 bridgehead atoms. The molecule has 15 heavy (non-hydrogen) atoms. The predicted molar refractivity (Wildman–Crippen MR) is 56.9 cm³/mol. The van der Waals surface area contributed by atoms with E-state index in [2.05, 4.69) is 10.9 Å². The van der Waals surface area contributed by atoms with Crippen LogP contribution in [-0.2, 0) is 14.3 Å². The number of nitrogens with zero attached hydrogens (tertiary/aromatic N) is 1. The monoisotopic (exact) mass is 219 g/mol. The second-order valence-corrected chi connectivity index (χ2v) is 2.88. The first-order valence-corrected chi connectivity index (χ1v) is 5.04. The van der Waals surface area contributed by atoms with Gasteiger partial charge in [-0.05, 0) is 0 Å². The molecule has 90 valence electrons. The van der Waals surface area contributed by atoms with E-state index in [1.165, 1.54) is 5.12 Å². The Morgan fingerprint density at radius 3 is 1.93 bits per heavy atom. The van der Waals surface area contributed by atoms with E-state index < -0.39 is 0 Å². The molecule has 0 saturated heterocycles. The quantitative estimate of drug-likeness (QED) is 0.405. The van der Waals surface area contributed by atoms with Crippen LogP contribution in [0.5, 0.6) is 0 Å². The normalized spacial score (nSPS) is 10.3. The van der Waals surface area contributed by atoms with Gasteiger partial charge in [0.25, 0.3) is 5.91 Å². The van der Waals surface area contributed by atoms with Gasteiger partial charge in [-0.3, -0.25) is 4.79 Å². The Labute approximate surface area is 90.8 Å². The van der Waals surface area contributed by atoms with Crippen LogP contribution in [0.15, 0.2) is 0 Å². The van der Waals surface area contributed by atoms with Crippen molar-refractivity contribution in [1.29, 1.82) is 0 Å². The molecule has 0 aliphatic heterocycles. The van der Waals surface area contributed by atoms with E-state index in [1.54, 1.807) is 14.2 Å². The van der Waals surface area contributed by atoms with Gasteiger partial charge in [0, 0.05) is 33.7 Å². The molecule has 0 aliphatic rings. The lowest BCUT2D eigenvalue weighted by Crippen LogP contribution is -2.53. The molecular formula is C9H21N3O3. The van der Waals surface area contributed by atoms with Gasteiger partial charge in [0.2, 0.25) is 0 Å². The molecule has 0 heterocycles. The average Bonchev–Trinajstić information content (AvgIpc) is 2.26. The molecule has 0 spiro atoms. The smallest absolute Gasteiger partial charge is 0.251 e. The summed E-state index contributed by atoms with van der Waals surface area (Å²) in [7, 11) is 3.23. The SMILES string of the molecule is CCC(=O)N(NCCOC)NCCOC. The zero-order valence-electron chi connectivity index (χ0n) is 9.71. The second-order valence-electron chi connectivity index (χ2n) is 2.88. The molecule has 1 amide bonds. The van der Waals surface area contributed by atoms with Gasteiger partial charge in [-0.2, -0.15) is 0 Å². The van der Waals surface area contributed by atoms with Crippen molar-refractivity contribution >= 4 is 5.91 Å². The highest BCUT2D eigenvalue weighted by atomic mass is 16.5. The summed E-state index contributed by atoms with van der Waals surface area (Å²) < 4.78 is 9.76.